The van der Waals surface area contributed by atoms with Crippen molar-refractivity contribution < 1.29 is 14.7 Å². The maximum Gasteiger partial charge on any atom is 0.307 e. The molecule has 0 radical (unpaired) electrons. The van der Waals surface area contributed by atoms with Gasteiger partial charge >= 0.3 is 5.97 Å². The second-order valence-electron chi connectivity index (χ2n) is 3.99. The monoisotopic (exact) mass is 219 g/mol. The number of benzene rings is 1. The average molecular weight is 219 g/mol. The van der Waals surface area contributed by atoms with Crippen LogP contribution in [0.3, 0.4) is 0 Å². The highest BCUT2D eigenvalue weighted by Crippen LogP contribution is 2.30. The normalized spacial score (nSPS) is 14.5. The van der Waals surface area contributed by atoms with Gasteiger partial charge < -0.3 is 10.4 Å². The maximum atomic E-state index is 11.6. The van der Waals surface area contributed by atoms with Crippen molar-refractivity contribution in [1.29, 1.82) is 0 Å². The number of nitrogens with one attached hydrogen (secondary N) is 1. The van der Waals surface area contributed by atoms with Crippen LogP contribution in [-0.4, -0.2) is 17.0 Å². The number of carboxylic acid groups (broad SMARTS) is 1. The zero-order valence-electron chi connectivity index (χ0n) is 8.77. The molecule has 1 aliphatic rings. The van der Waals surface area contributed by atoms with Gasteiger partial charge in [-0.15, -0.1) is 0 Å². The van der Waals surface area contributed by atoms with Crippen LogP contribution < -0.4 is 5.32 Å². The molecule has 0 unspecified atom stereocenters. The Labute approximate surface area is 93.3 Å². The molecule has 16 heavy (non-hydrogen) atoms. The standard InChI is InChI=1S/C12H13NO3/c14-11(15)7-9-3-1-2-4-10(9)13-12(16)8-5-6-8/h1-4,8H,5-7H2,(H,13,16)(H,14,15). The number of carboxylic acids is 1. The van der Waals surface area contributed by atoms with E-state index in [9.17, 15) is 9.59 Å². The molecule has 1 amide bonds. The number of para-hydroxylation sites is 1. The first-order chi connectivity index (χ1) is 7.66. The molecule has 0 saturated heterocycles. The maximum absolute atomic E-state index is 11.6. The van der Waals surface area contributed by atoms with Crippen molar-refractivity contribution >= 4 is 17.6 Å². The average Bonchev–Trinajstić information content (AvgIpc) is 3.03. The lowest BCUT2D eigenvalue weighted by Crippen LogP contribution is -2.15. The van der Waals surface area contributed by atoms with Crippen molar-refractivity contribution in [1.82, 2.24) is 0 Å². The van der Waals surface area contributed by atoms with Crippen molar-refractivity contribution in [2.24, 2.45) is 5.92 Å². The number of hydrogen-bond acceptors (Lipinski definition) is 2. The quantitative estimate of drug-likeness (QED) is 0.809. The Hall–Kier alpha value is -1.84. The van der Waals surface area contributed by atoms with Gasteiger partial charge in [-0.1, -0.05) is 18.2 Å². The third-order valence-corrected chi connectivity index (χ3v) is 2.57. The number of carbonyl (C=O) groups excluding carboxylic acids is 1. The number of hydrogen-bond donors (Lipinski definition) is 2. The van der Waals surface area contributed by atoms with Crippen LogP contribution >= 0.6 is 0 Å². The van der Waals surface area contributed by atoms with E-state index in [0.29, 0.717) is 11.3 Å². The summed E-state index contributed by atoms with van der Waals surface area (Å²) in [4.78, 5) is 22.2. The van der Waals surface area contributed by atoms with E-state index < -0.39 is 5.97 Å². The predicted octanol–water partition coefficient (Wildman–Crippen LogP) is 1.66. The molecule has 1 saturated carbocycles. The fourth-order valence-electron chi connectivity index (χ4n) is 1.54. The van der Waals surface area contributed by atoms with Gasteiger partial charge in [-0.05, 0) is 24.5 Å². The van der Waals surface area contributed by atoms with Gasteiger partial charge in [0.1, 0.15) is 0 Å². The van der Waals surface area contributed by atoms with Gasteiger partial charge in [-0.3, -0.25) is 9.59 Å². The lowest BCUT2D eigenvalue weighted by molar-refractivity contribution is -0.136. The Balaban J connectivity index is 2.11. The number of rotatable bonds is 4. The molecular formula is C12H13NO3. The van der Waals surface area contributed by atoms with E-state index in [1.807, 2.05) is 0 Å². The molecule has 0 spiro atoms. The highest BCUT2D eigenvalue weighted by molar-refractivity contribution is 5.95. The first-order valence-corrected chi connectivity index (χ1v) is 5.27. The minimum absolute atomic E-state index is 0.00200. The van der Waals surface area contributed by atoms with Gasteiger partial charge in [-0.25, -0.2) is 0 Å². The molecule has 1 aromatic rings. The van der Waals surface area contributed by atoms with E-state index >= 15 is 0 Å². The summed E-state index contributed by atoms with van der Waals surface area (Å²) >= 11 is 0. The second-order valence-corrected chi connectivity index (χ2v) is 3.99. The molecule has 1 aliphatic carbocycles. The minimum Gasteiger partial charge on any atom is -0.481 e. The lowest BCUT2D eigenvalue weighted by Gasteiger charge is -2.08. The summed E-state index contributed by atoms with van der Waals surface area (Å²) in [6.07, 6.45) is 1.81. The van der Waals surface area contributed by atoms with E-state index in [2.05, 4.69) is 5.32 Å². The van der Waals surface area contributed by atoms with Crippen molar-refractivity contribution in [3.05, 3.63) is 29.8 Å². The Kier molecular flexibility index (Phi) is 2.90. The summed E-state index contributed by atoms with van der Waals surface area (Å²) in [5, 5.41) is 11.5. The molecular weight excluding hydrogens is 206 g/mol. The summed E-state index contributed by atoms with van der Waals surface area (Å²) in [5.74, 6) is -0.774. The fourth-order valence-corrected chi connectivity index (χ4v) is 1.54. The van der Waals surface area contributed by atoms with Crippen molar-refractivity contribution in [3.63, 3.8) is 0 Å². The van der Waals surface area contributed by atoms with E-state index in [0.717, 1.165) is 12.8 Å². The van der Waals surface area contributed by atoms with Gasteiger partial charge in [0.15, 0.2) is 0 Å². The van der Waals surface area contributed by atoms with Gasteiger partial charge in [0, 0.05) is 11.6 Å². The fraction of sp³-hybridized carbons (Fsp3) is 0.333. The van der Waals surface area contributed by atoms with Gasteiger partial charge in [0.05, 0.1) is 6.42 Å². The van der Waals surface area contributed by atoms with Gasteiger partial charge in [0.2, 0.25) is 5.91 Å². The highest BCUT2D eigenvalue weighted by Gasteiger charge is 2.29. The summed E-state index contributed by atoms with van der Waals surface area (Å²) in [6, 6.07) is 7.01. The molecule has 84 valence electrons. The van der Waals surface area contributed by atoms with Crippen LogP contribution in [0.2, 0.25) is 0 Å². The van der Waals surface area contributed by atoms with Crippen LogP contribution in [-0.2, 0) is 16.0 Å². The van der Waals surface area contributed by atoms with Crippen LogP contribution in [0, 0.1) is 5.92 Å². The third kappa shape index (κ3) is 2.59. The largest absolute Gasteiger partial charge is 0.481 e. The molecule has 1 fully saturated rings. The highest BCUT2D eigenvalue weighted by atomic mass is 16.4. The second kappa shape index (κ2) is 4.35. The number of amides is 1. The molecule has 4 nitrogen and oxygen atoms in total. The molecule has 2 N–H and O–H groups in total. The number of aliphatic carboxylic acids is 1. The summed E-state index contributed by atoms with van der Waals surface area (Å²) in [5.41, 5.74) is 1.26. The van der Waals surface area contributed by atoms with Crippen LogP contribution in [0.1, 0.15) is 18.4 Å². The van der Waals surface area contributed by atoms with Crippen LogP contribution in [0.15, 0.2) is 24.3 Å². The van der Waals surface area contributed by atoms with Crippen molar-refractivity contribution in [2.75, 3.05) is 5.32 Å². The first kappa shape index (κ1) is 10.7. The zero-order valence-corrected chi connectivity index (χ0v) is 8.77. The Morgan fingerprint density at radius 1 is 1.31 bits per heavy atom. The molecule has 0 heterocycles. The lowest BCUT2D eigenvalue weighted by atomic mass is 10.1. The first-order valence-electron chi connectivity index (χ1n) is 5.27. The molecule has 0 atom stereocenters. The van der Waals surface area contributed by atoms with Crippen LogP contribution in [0.25, 0.3) is 0 Å². The third-order valence-electron chi connectivity index (χ3n) is 2.57. The molecule has 2 rings (SSSR count). The summed E-state index contributed by atoms with van der Waals surface area (Å²) < 4.78 is 0. The van der Waals surface area contributed by atoms with Crippen LogP contribution in [0.5, 0.6) is 0 Å². The molecule has 0 aromatic heterocycles. The summed E-state index contributed by atoms with van der Waals surface area (Å²) in [6.45, 7) is 0. The SMILES string of the molecule is O=C(O)Cc1ccccc1NC(=O)C1CC1. The topological polar surface area (TPSA) is 66.4 Å². The van der Waals surface area contributed by atoms with E-state index in [1.165, 1.54) is 0 Å². The smallest absolute Gasteiger partial charge is 0.307 e. The van der Waals surface area contributed by atoms with Gasteiger partial charge in [-0.2, -0.15) is 0 Å². The summed E-state index contributed by atoms with van der Waals surface area (Å²) in [7, 11) is 0. The molecule has 0 aliphatic heterocycles. The Morgan fingerprint density at radius 2 is 2.00 bits per heavy atom. The number of anilines is 1. The van der Waals surface area contributed by atoms with Crippen molar-refractivity contribution in [2.45, 2.75) is 19.3 Å². The van der Waals surface area contributed by atoms with Gasteiger partial charge in [0.25, 0.3) is 0 Å². The van der Waals surface area contributed by atoms with E-state index in [4.69, 9.17) is 5.11 Å². The predicted molar refractivity (Wildman–Crippen MR) is 59.1 cm³/mol. The molecule has 4 heteroatoms. The minimum atomic E-state index is -0.895. The van der Waals surface area contributed by atoms with E-state index in [-0.39, 0.29) is 18.2 Å². The Bertz CT molecular complexity index is 424. The Morgan fingerprint density at radius 3 is 2.62 bits per heavy atom. The number of carbonyl (C=O) groups is 2. The van der Waals surface area contributed by atoms with Crippen molar-refractivity contribution in [3.8, 4) is 0 Å². The van der Waals surface area contributed by atoms with E-state index in [1.54, 1.807) is 24.3 Å². The molecule has 1 aromatic carbocycles. The molecule has 0 bridgehead atoms. The van der Waals surface area contributed by atoms with Crippen LogP contribution in [0.4, 0.5) is 5.69 Å². The zero-order chi connectivity index (χ0) is 11.5.